The number of likely N-dealkylation sites (N-methyl/N-ethyl adjacent to an activating group) is 2. The molecule has 1 aromatic rings. The summed E-state index contributed by atoms with van der Waals surface area (Å²) in [5.74, 6) is -0.341. The van der Waals surface area contributed by atoms with Crippen molar-refractivity contribution in [2.75, 3.05) is 58.7 Å². The van der Waals surface area contributed by atoms with Gasteiger partial charge in [0.05, 0.1) is 23.1 Å². The molecule has 0 aliphatic carbocycles. The van der Waals surface area contributed by atoms with Crippen molar-refractivity contribution in [1.82, 2.24) is 14.7 Å². The first-order chi connectivity index (χ1) is 11.3. The first kappa shape index (κ1) is 19.0. The summed E-state index contributed by atoms with van der Waals surface area (Å²) in [5, 5.41) is 3.50. The third kappa shape index (κ3) is 5.63. The lowest BCUT2D eigenvalue weighted by Gasteiger charge is -2.32. The van der Waals surface area contributed by atoms with Gasteiger partial charge in [-0.05, 0) is 25.2 Å². The van der Waals surface area contributed by atoms with Gasteiger partial charge in [0.1, 0.15) is 0 Å². The molecule has 0 saturated carbocycles. The first-order valence-electron chi connectivity index (χ1n) is 7.75. The quantitative estimate of drug-likeness (QED) is 0.853. The summed E-state index contributed by atoms with van der Waals surface area (Å²) in [6.07, 6.45) is 0. The van der Waals surface area contributed by atoms with Crippen LogP contribution in [-0.4, -0.2) is 79.9 Å². The van der Waals surface area contributed by atoms with E-state index in [1.165, 1.54) is 4.90 Å². The molecule has 1 aromatic carbocycles. The summed E-state index contributed by atoms with van der Waals surface area (Å²) in [6.45, 7) is 3.97. The predicted molar refractivity (Wildman–Crippen MR) is 96.7 cm³/mol. The lowest BCUT2D eigenvalue weighted by Crippen LogP contribution is -2.49. The van der Waals surface area contributed by atoms with E-state index in [4.69, 9.17) is 23.2 Å². The topological polar surface area (TPSA) is 55.9 Å². The molecule has 0 aromatic heterocycles. The average molecular weight is 373 g/mol. The number of halogens is 2. The molecular weight excluding hydrogens is 351 g/mol. The van der Waals surface area contributed by atoms with E-state index in [-0.39, 0.29) is 18.4 Å². The molecule has 8 heteroatoms. The maximum absolute atomic E-state index is 12.2. The fourth-order valence-corrected chi connectivity index (χ4v) is 2.69. The molecule has 1 heterocycles. The highest BCUT2D eigenvalue weighted by molar-refractivity contribution is 6.42. The molecule has 1 saturated heterocycles. The second kappa shape index (κ2) is 8.67. The van der Waals surface area contributed by atoms with Gasteiger partial charge in [0.15, 0.2) is 0 Å². The summed E-state index contributed by atoms with van der Waals surface area (Å²) < 4.78 is 0. The van der Waals surface area contributed by atoms with Crippen LogP contribution in [0.1, 0.15) is 0 Å². The zero-order valence-corrected chi connectivity index (χ0v) is 15.4. The van der Waals surface area contributed by atoms with Crippen LogP contribution in [0.3, 0.4) is 0 Å². The van der Waals surface area contributed by atoms with Crippen molar-refractivity contribution in [3.8, 4) is 0 Å². The molecule has 1 aliphatic heterocycles. The minimum Gasteiger partial charge on any atom is -0.335 e. The van der Waals surface area contributed by atoms with Gasteiger partial charge in [-0.3, -0.25) is 14.5 Å². The van der Waals surface area contributed by atoms with E-state index < -0.39 is 0 Å². The van der Waals surface area contributed by atoms with Gasteiger partial charge in [-0.2, -0.15) is 0 Å². The normalized spacial score (nSPS) is 16.0. The number of carbonyl (C=O) groups is 2. The molecule has 0 unspecified atom stereocenters. The number of nitrogens with zero attached hydrogens (tertiary/aromatic N) is 3. The fourth-order valence-electron chi connectivity index (χ4n) is 2.40. The van der Waals surface area contributed by atoms with Crippen LogP contribution in [-0.2, 0) is 9.59 Å². The second-order valence-corrected chi connectivity index (χ2v) is 6.82. The molecular formula is C16H22Cl2N4O2. The van der Waals surface area contributed by atoms with E-state index >= 15 is 0 Å². The third-order valence-electron chi connectivity index (χ3n) is 3.96. The van der Waals surface area contributed by atoms with Gasteiger partial charge in [0.25, 0.3) is 0 Å². The zero-order chi connectivity index (χ0) is 17.7. The van der Waals surface area contributed by atoms with Crippen LogP contribution in [0.4, 0.5) is 5.69 Å². The Bertz CT molecular complexity index is 604. The van der Waals surface area contributed by atoms with E-state index in [1.54, 1.807) is 25.2 Å². The summed E-state index contributed by atoms with van der Waals surface area (Å²) in [5.41, 5.74) is 0.550. The Kier molecular flexibility index (Phi) is 6.86. The van der Waals surface area contributed by atoms with E-state index in [9.17, 15) is 9.59 Å². The second-order valence-electron chi connectivity index (χ2n) is 6.01. The smallest absolute Gasteiger partial charge is 0.243 e. The fraction of sp³-hybridized carbons (Fsp3) is 0.500. The van der Waals surface area contributed by atoms with Gasteiger partial charge in [-0.25, -0.2) is 0 Å². The van der Waals surface area contributed by atoms with Crippen LogP contribution in [0, 0.1) is 0 Å². The van der Waals surface area contributed by atoms with E-state index in [0.717, 1.165) is 26.2 Å². The van der Waals surface area contributed by atoms with E-state index in [1.807, 2.05) is 0 Å². The number of amides is 2. The standard InChI is InChI=1S/C16H22Cl2N4O2/c1-20-5-7-22(8-6-20)11-16(24)21(2)10-15(23)19-12-3-4-13(17)14(18)9-12/h3-4,9H,5-8,10-11H2,1-2H3,(H,19,23). The summed E-state index contributed by atoms with van der Waals surface area (Å²) in [6, 6.07) is 4.85. The van der Waals surface area contributed by atoms with Crippen molar-refractivity contribution in [3.05, 3.63) is 28.2 Å². The minimum atomic E-state index is -0.275. The number of rotatable bonds is 5. The Morgan fingerprint density at radius 3 is 2.46 bits per heavy atom. The number of benzene rings is 1. The van der Waals surface area contributed by atoms with Gasteiger partial charge in [-0.15, -0.1) is 0 Å². The largest absolute Gasteiger partial charge is 0.335 e. The summed E-state index contributed by atoms with van der Waals surface area (Å²) >= 11 is 11.8. The van der Waals surface area contributed by atoms with Crippen molar-refractivity contribution < 1.29 is 9.59 Å². The van der Waals surface area contributed by atoms with Crippen LogP contribution in [0.2, 0.25) is 10.0 Å². The Hall–Kier alpha value is -1.34. The molecule has 132 valence electrons. The molecule has 1 N–H and O–H groups in total. The highest BCUT2D eigenvalue weighted by Gasteiger charge is 2.20. The molecule has 1 fully saturated rings. The van der Waals surface area contributed by atoms with Crippen LogP contribution in [0.15, 0.2) is 18.2 Å². The molecule has 6 nitrogen and oxygen atoms in total. The predicted octanol–water partition coefficient (Wildman–Crippen LogP) is 1.64. The van der Waals surface area contributed by atoms with Crippen molar-refractivity contribution in [3.63, 3.8) is 0 Å². The van der Waals surface area contributed by atoms with Crippen molar-refractivity contribution in [2.45, 2.75) is 0 Å². The number of carbonyl (C=O) groups excluding carboxylic acids is 2. The minimum absolute atomic E-state index is 0.00712. The van der Waals surface area contributed by atoms with Crippen LogP contribution >= 0.6 is 23.2 Å². The molecule has 0 radical (unpaired) electrons. The summed E-state index contributed by atoms with van der Waals surface area (Å²) in [4.78, 5) is 30.1. The zero-order valence-electron chi connectivity index (χ0n) is 13.9. The molecule has 0 bridgehead atoms. The Morgan fingerprint density at radius 2 is 1.83 bits per heavy atom. The lowest BCUT2D eigenvalue weighted by molar-refractivity contribution is -0.134. The highest BCUT2D eigenvalue weighted by Crippen LogP contribution is 2.24. The van der Waals surface area contributed by atoms with Crippen molar-refractivity contribution in [2.24, 2.45) is 0 Å². The molecule has 2 amide bonds. The Balaban J connectivity index is 1.79. The number of nitrogens with one attached hydrogen (secondary N) is 1. The maximum atomic E-state index is 12.2. The third-order valence-corrected chi connectivity index (χ3v) is 4.70. The van der Waals surface area contributed by atoms with E-state index in [2.05, 4.69) is 22.2 Å². The summed E-state index contributed by atoms with van der Waals surface area (Å²) in [7, 11) is 3.70. The molecule has 1 aliphatic rings. The maximum Gasteiger partial charge on any atom is 0.243 e. The Morgan fingerprint density at radius 1 is 1.17 bits per heavy atom. The van der Waals surface area contributed by atoms with Crippen molar-refractivity contribution in [1.29, 1.82) is 0 Å². The van der Waals surface area contributed by atoms with Gasteiger partial charge < -0.3 is 15.1 Å². The van der Waals surface area contributed by atoms with Crippen LogP contribution in [0.5, 0.6) is 0 Å². The molecule has 2 rings (SSSR count). The van der Waals surface area contributed by atoms with Gasteiger partial charge in [0, 0.05) is 38.9 Å². The first-order valence-corrected chi connectivity index (χ1v) is 8.50. The Labute approximate surface area is 152 Å². The van der Waals surface area contributed by atoms with Gasteiger partial charge >= 0.3 is 0 Å². The number of piperazine rings is 1. The average Bonchev–Trinajstić information content (AvgIpc) is 2.53. The molecule has 0 atom stereocenters. The number of hydrogen-bond donors (Lipinski definition) is 1. The SMILES string of the molecule is CN1CCN(CC(=O)N(C)CC(=O)Nc2ccc(Cl)c(Cl)c2)CC1. The molecule has 0 spiro atoms. The van der Waals surface area contributed by atoms with Gasteiger partial charge in [-0.1, -0.05) is 23.2 Å². The highest BCUT2D eigenvalue weighted by atomic mass is 35.5. The van der Waals surface area contributed by atoms with Gasteiger partial charge in [0.2, 0.25) is 11.8 Å². The van der Waals surface area contributed by atoms with E-state index in [0.29, 0.717) is 22.3 Å². The number of anilines is 1. The van der Waals surface area contributed by atoms with Crippen LogP contribution in [0.25, 0.3) is 0 Å². The van der Waals surface area contributed by atoms with Crippen molar-refractivity contribution >= 4 is 40.7 Å². The number of hydrogen-bond acceptors (Lipinski definition) is 4. The lowest BCUT2D eigenvalue weighted by atomic mass is 10.3. The molecule has 24 heavy (non-hydrogen) atoms. The van der Waals surface area contributed by atoms with Crippen LogP contribution < -0.4 is 5.32 Å². The monoisotopic (exact) mass is 372 g/mol.